The molecule has 0 aliphatic rings. The van der Waals surface area contributed by atoms with Crippen molar-refractivity contribution in [2.75, 3.05) is 0 Å². The summed E-state index contributed by atoms with van der Waals surface area (Å²) in [7, 11) is 0. The van der Waals surface area contributed by atoms with Crippen molar-refractivity contribution in [2.45, 2.75) is 6.92 Å². The van der Waals surface area contributed by atoms with Gasteiger partial charge in [-0.05, 0) is 6.92 Å². The van der Waals surface area contributed by atoms with Crippen LogP contribution in [-0.4, -0.2) is 5.78 Å². The minimum Gasteiger partial charge on any atom is -0.289 e. The van der Waals surface area contributed by atoms with Crippen molar-refractivity contribution < 1.29 is 4.79 Å². The van der Waals surface area contributed by atoms with Crippen LogP contribution in [0.1, 0.15) is 17.3 Å². The molecule has 0 saturated carbocycles. The number of carbonyl (C=O) groups is 1. The third kappa shape index (κ3) is 2.41. The zero-order chi connectivity index (χ0) is 9.68. The van der Waals surface area contributed by atoms with Gasteiger partial charge in [-0.2, -0.15) is 0 Å². The molecule has 1 nitrogen and oxygen atoms in total. The zero-order valence-electron chi connectivity index (χ0n) is 7.66. The molecule has 0 aromatic heterocycles. The summed E-state index contributed by atoms with van der Waals surface area (Å²) in [6, 6.07) is 9.15. The Morgan fingerprint density at radius 2 is 1.92 bits per heavy atom. The van der Waals surface area contributed by atoms with Crippen molar-refractivity contribution in [2.24, 2.45) is 0 Å². The third-order valence-corrected chi connectivity index (χ3v) is 1.70. The minimum atomic E-state index is -0.0151. The second-order valence-corrected chi connectivity index (χ2v) is 2.72. The van der Waals surface area contributed by atoms with Crippen LogP contribution in [0.2, 0.25) is 0 Å². The van der Waals surface area contributed by atoms with Gasteiger partial charge < -0.3 is 0 Å². The molecule has 0 bridgehead atoms. The van der Waals surface area contributed by atoms with Gasteiger partial charge in [-0.3, -0.25) is 4.79 Å². The Hall–Kier alpha value is -1.63. The topological polar surface area (TPSA) is 17.1 Å². The molecule has 0 aliphatic carbocycles. The fourth-order valence-corrected chi connectivity index (χ4v) is 1.05. The molecule has 0 spiro atoms. The summed E-state index contributed by atoms with van der Waals surface area (Å²) in [5.41, 5.74) is 1.21. The van der Waals surface area contributed by atoms with E-state index in [2.05, 4.69) is 6.58 Å². The summed E-state index contributed by atoms with van der Waals surface area (Å²) in [5, 5.41) is 0. The first-order valence-electron chi connectivity index (χ1n) is 4.17. The van der Waals surface area contributed by atoms with Gasteiger partial charge in [-0.15, -0.1) is 0 Å². The van der Waals surface area contributed by atoms with Gasteiger partial charge in [0.2, 0.25) is 0 Å². The summed E-state index contributed by atoms with van der Waals surface area (Å²) < 4.78 is 0. The fourth-order valence-electron chi connectivity index (χ4n) is 1.05. The van der Waals surface area contributed by atoms with Crippen molar-refractivity contribution in [3.63, 3.8) is 0 Å². The maximum atomic E-state index is 11.6. The van der Waals surface area contributed by atoms with Crippen molar-refractivity contribution >= 4 is 5.78 Å². The molecule has 1 heteroatoms. The highest BCUT2D eigenvalue weighted by atomic mass is 16.1. The summed E-state index contributed by atoms with van der Waals surface area (Å²) in [6.45, 7) is 5.55. The number of hydrogen-bond donors (Lipinski definition) is 0. The van der Waals surface area contributed by atoms with E-state index >= 15 is 0 Å². The summed E-state index contributed by atoms with van der Waals surface area (Å²) >= 11 is 0. The molecule has 1 rings (SSSR count). The standard InChI is InChI=1S/C12H12O/c1-3-7-10(2)12(13)11-8-5-4-6-9-11/h3-9H,2H2,1H3. The highest BCUT2D eigenvalue weighted by Crippen LogP contribution is 2.07. The molecule has 0 fully saturated rings. The Bertz CT molecular complexity index is 333. The third-order valence-electron chi connectivity index (χ3n) is 1.70. The largest absolute Gasteiger partial charge is 0.289 e. The first kappa shape index (κ1) is 9.46. The van der Waals surface area contributed by atoms with Gasteiger partial charge >= 0.3 is 0 Å². The number of Topliss-reactive ketones (excluding diaryl/α,β-unsaturated/α-hetero) is 1. The number of allylic oxidation sites excluding steroid dienone is 3. The molecule has 66 valence electrons. The van der Waals surface area contributed by atoms with Crippen LogP contribution in [0.3, 0.4) is 0 Å². The van der Waals surface area contributed by atoms with Crippen LogP contribution >= 0.6 is 0 Å². The molecule has 1 aromatic carbocycles. The Morgan fingerprint density at radius 1 is 1.31 bits per heavy atom. The minimum absolute atomic E-state index is 0.0151. The maximum absolute atomic E-state index is 11.6. The van der Waals surface area contributed by atoms with E-state index in [-0.39, 0.29) is 5.78 Å². The monoisotopic (exact) mass is 172 g/mol. The Morgan fingerprint density at radius 3 is 2.46 bits per heavy atom. The summed E-state index contributed by atoms with van der Waals surface area (Å²) in [4.78, 5) is 11.6. The van der Waals surface area contributed by atoms with Crippen LogP contribution in [0.4, 0.5) is 0 Å². The van der Waals surface area contributed by atoms with Crippen LogP contribution in [0.25, 0.3) is 0 Å². The first-order chi connectivity index (χ1) is 6.25. The van der Waals surface area contributed by atoms with Gasteiger partial charge in [0, 0.05) is 11.1 Å². The van der Waals surface area contributed by atoms with Gasteiger partial charge in [0.25, 0.3) is 0 Å². The average Bonchev–Trinajstić information content (AvgIpc) is 2.18. The molecule has 0 radical (unpaired) electrons. The average molecular weight is 172 g/mol. The Balaban J connectivity index is 2.86. The van der Waals surface area contributed by atoms with Crippen LogP contribution in [0.15, 0.2) is 54.6 Å². The number of ketones is 1. The molecule has 0 unspecified atom stereocenters. The molecule has 0 N–H and O–H groups in total. The van der Waals surface area contributed by atoms with E-state index in [1.165, 1.54) is 0 Å². The second kappa shape index (κ2) is 4.41. The highest BCUT2D eigenvalue weighted by molar-refractivity contribution is 6.10. The van der Waals surface area contributed by atoms with E-state index in [9.17, 15) is 4.79 Å². The molecule has 0 atom stereocenters. The highest BCUT2D eigenvalue weighted by Gasteiger charge is 2.05. The first-order valence-corrected chi connectivity index (χ1v) is 4.17. The lowest BCUT2D eigenvalue weighted by molar-refractivity contribution is 0.103. The van der Waals surface area contributed by atoms with Gasteiger partial charge in [-0.1, -0.05) is 49.1 Å². The number of carbonyl (C=O) groups excluding carboxylic acids is 1. The van der Waals surface area contributed by atoms with Gasteiger partial charge in [-0.25, -0.2) is 0 Å². The predicted molar refractivity (Wildman–Crippen MR) is 54.7 cm³/mol. The lowest BCUT2D eigenvalue weighted by atomic mass is 10.0. The van der Waals surface area contributed by atoms with Crippen molar-refractivity contribution in [3.05, 3.63) is 60.2 Å². The number of rotatable bonds is 3. The van der Waals surface area contributed by atoms with Gasteiger partial charge in [0.15, 0.2) is 5.78 Å². The maximum Gasteiger partial charge on any atom is 0.192 e. The van der Waals surface area contributed by atoms with E-state index in [1.54, 1.807) is 18.2 Å². The number of hydrogen-bond acceptors (Lipinski definition) is 1. The normalized spacial score (nSPS) is 10.2. The van der Waals surface area contributed by atoms with Crippen LogP contribution in [0.5, 0.6) is 0 Å². The van der Waals surface area contributed by atoms with Crippen molar-refractivity contribution in [1.82, 2.24) is 0 Å². The zero-order valence-corrected chi connectivity index (χ0v) is 7.66. The van der Waals surface area contributed by atoms with Crippen LogP contribution in [-0.2, 0) is 0 Å². The van der Waals surface area contributed by atoms with Crippen molar-refractivity contribution in [1.29, 1.82) is 0 Å². The van der Waals surface area contributed by atoms with Gasteiger partial charge in [0.05, 0.1) is 0 Å². The van der Waals surface area contributed by atoms with E-state index < -0.39 is 0 Å². The summed E-state index contributed by atoms with van der Waals surface area (Å²) in [5.74, 6) is -0.0151. The second-order valence-electron chi connectivity index (χ2n) is 2.72. The van der Waals surface area contributed by atoms with E-state index in [1.807, 2.05) is 31.2 Å². The van der Waals surface area contributed by atoms with Gasteiger partial charge in [0.1, 0.15) is 0 Å². The lowest BCUT2D eigenvalue weighted by Gasteiger charge is -1.98. The molecule has 0 amide bonds. The summed E-state index contributed by atoms with van der Waals surface area (Å²) in [6.07, 6.45) is 3.53. The quantitative estimate of drug-likeness (QED) is 0.389. The fraction of sp³-hybridized carbons (Fsp3) is 0.0833. The molecule has 0 heterocycles. The smallest absolute Gasteiger partial charge is 0.192 e. The molecular formula is C12H12O. The molecule has 0 aliphatic heterocycles. The lowest BCUT2D eigenvalue weighted by Crippen LogP contribution is -1.99. The Labute approximate surface area is 78.4 Å². The molecule has 13 heavy (non-hydrogen) atoms. The SMILES string of the molecule is C=C(C=CC)C(=O)c1ccccc1. The molecular weight excluding hydrogens is 160 g/mol. The number of benzene rings is 1. The van der Waals surface area contributed by atoms with Crippen LogP contribution < -0.4 is 0 Å². The molecule has 0 saturated heterocycles. The van der Waals surface area contributed by atoms with Crippen LogP contribution in [0, 0.1) is 0 Å². The van der Waals surface area contributed by atoms with E-state index in [4.69, 9.17) is 0 Å². The Kier molecular flexibility index (Phi) is 3.21. The van der Waals surface area contributed by atoms with E-state index in [0.717, 1.165) is 0 Å². The molecule has 1 aromatic rings. The van der Waals surface area contributed by atoms with Crippen molar-refractivity contribution in [3.8, 4) is 0 Å². The van der Waals surface area contributed by atoms with E-state index in [0.29, 0.717) is 11.1 Å². The predicted octanol–water partition coefficient (Wildman–Crippen LogP) is 3.00.